The Hall–Kier alpha value is -1.60. The second-order valence-corrected chi connectivity index (χ2v) is 4.96. The summed E-state index contributed by atoms with van der Waals surface area (Å²) in [5.74, 6) is 4.16. The van der Waals surface area contributed by atoms with Gasteiger partial charge >= 0.3 is 0 Å². The number of benzene rings is 1. The number of amides is 1. The summed E-state index contributed by atoms with van der Waals surface area (Å²) in [5.41, 5.74) is 7.50. The van der Waals surface area contributed by atoms with E-state index in [1.54, 1.807) is 11.8 Å². The minimum atomic E-state index is 0.0683. The van der Waals surface area contributed by atoms with Gasteiger partial charge in [0, 0.05) is 24.4 Å². The van der Waals surface area contributed by atoms with Gasteiger partial charge in [0.2, 0.25) is 5.91 Å². The number of nitrogens with one attached hydrogen (secondary N) is 1. The van der Waals surface area contributed by atoms with E-state index >= 15 is 0 Å². The average Bonchev–Trinajstić information content (AvgIpc) is 2.36. The molecule has 1 rings (SSSR count). The zero-order valence-electron chi connectivity index (χ0n) is 10.3. The van der Waals surface area contributed by atoms with E-state index in [1.165, 1.54) is 0 Å². The lowest BCUT2D eigenvalue weighted by Crippen LogP contribution is -2.25. The molecule has 1 amide bonds. The predicted molar refractivity (Wildman–Crippen MR) is 78.3 cm³/mol. The van der Waals surface area contributed by atoms with E-state index in [4.69, 9.17) is 12.2 Å². The quantitative estimate of drug-likeness (QED) is 0.446. The highest BCUT2D eigenvalue weighted by Crippen LogP contribution is 2.08. The molecule has 0 aliphatic carbocycles. The molecule has 0 unspecified atom stereocenters. The Morgan fingerprint density at radius 3 is 3.06 bits per heavy atom. The summed E-state index contributed by atoms with van der Waals surface area (Å²) in [6, 6.07) is 7.62. The Bertz CT molecular complexity index is 426. The van der Waals surface area contributed by atoms with E-state index in [-0.39, 0.29) is 5.91 Å². The van der Waals surface area contributed by atoms with Crippen LogP contribution in [0.1, 0.15) is 12.0 Å². The van der Waals surface area contributed by atoms with Crippen LogP contribution in [-0.4, -0.2) is 24.0 Å². The Labute approximate surface area is 113 Å². The highest BCUT2D eigenvalue weighted by molar-refractivity contribution is 7.99. The summed E-state index contributed by atoms with van der Waals surface area (Å²) in [6.07, 6.45) is 6.33. The van der Waals surface area contributed by atoms with Crippen LogP contribution in [0.2, 0.25) is 0 Å². The molecule has 0 aromatic heterocycles. The Morgan fingerprint density at radius 2 is 2.33 bits per heavy atom. The molecule has 0 atom stereocenters. The summed E-state index contributed by atoms with van der Waals surface area (Å²) >= 11 is 1.64. The molecule has 18 heavy (non-hydrogen) atoms. The van der Waals surface area contributed by atoms with Crippen molar-refractivity contribution in [3.05, 3.63) is 29.8 Å². The number of thioether (sulfide) groups is 1. The highest BCUT2D eigenvalue weighted by atomic mass is 32.2. The number of anilines is 1. The van der Waals surface area contributed by atoms with Crippen molar-refractivity contribution in [1.29, 1.82) is 0 Å². The van der Waals surface area contributed by atoms with Crippen molar-refractivity contribution < 1.29 is 4.79 Å². The fraction of sp³-hybridized carbons (Fsp3) is 0.357. The lowest BCUT2D eigenvalue weighted by molar-refractivity contribution is -0.120. The molecular weight excluding hydrogens is 244 g/mol. The van der Waals surface area contributed by atoms with Crippen LogP contribution >= 0.6 is 11.8 Å². The molecule has 4 heteroatoms. The summed E-state index contributed by atoms with van der Waals surface area (Å²) < 4.78 is 0. The van der Waals surface area contributed by atoms with E-state index in [0.717, 1.165) is 17.0 Å². The first-order valence-electron chi connectivity index (χ1n) is 5.84. The van der Waals surface area contributed by atoms with Crippen LogP contribution in [-0.2, 0) is 11.2 Å². The SMILES string of the molecule is C#CCSCCNC(=O)CCc1cccc(N)c1. The minimum absolute atomic E-state index is 0.0683. The van der Waals surface area contributed by atoms with E-state index < -0.39 is 0 Å². The van der Waals surface area contributed by atoms with Crippen LogP contribution in [0.5, 0.6) is 0 Å². The molecule has 0 heterocycles. The normalized spacial score (nSPS) is 9.72. The molecule has 96 valence electrons. The molecule has 0 saturated heterocycles. The van der Waals surface area contributed by atoms with Crippen molar-refractivity contribution in [2.45, 2.75) is 12.8 Å². The molecule has 3 N–H and O–H groups in total. The number of carbonyl (C=O) groups is 1. The summed E-state index contributed by atoms with van der Waals surface area (Å²) in [4.78, 5) is 11.5. The van der Waals surface area contributed by atoms with E-state index in [0.29, 0.717) is 25.1 Å². The summed E-state index contributed by atoms with van der Waals surface area (Å²) in [6.45, 7) is 0.669. The lowest BCUT2D eigenvalue weighted by Gasteiger charge is -2.05. The standard InChI is InChI=1S/C14H18N2OS/c1-2-9-18-10-8-16-14(17)7-6-12-4-3-5-13(15)11-12/h1,3-5,11H,6-10,15H2,(H,16,17). The van der Waals surface area contributed by atoms with E-state index in [9.17, 15) is 4.79 Å². The zero-order valence-corrected chi connectivity index (χ0v) is 11.1. The number of carbonyl (C=O) groups excluding carboxylic acids is 1. The fourth-order valence-corrected chi connectivity index (χ4v) is 2.00. The Balaban J connectivity index is 2.15. The zero-order chi connectivity index (χ0) is 13.2. The first kappa shape index (κ1) is 14.5. The van der Waals surface area contributed by atoms with Crippen molar-refractivity contribution in [2.75, 3.05) is 23.8 Å². The van der Waals surface area contributed by atoms with Gasteiger partial charge in [-0.3, -0.25) is 4.79 Å². The van der Waals surface area contributed by atoms with Crippen molar-refractivity contribution in [2.24, 2.45) is 0 Å². The molecule has 0 aliphatic rings. The maximum atomic E-state index is 11.5. The highest BCUT2D eigenvalue weighted by Gasteiger charge is 2.01. The Morgan fingerprint density at radius 1 is 1.50 bits per heavy atom. The largest absolute Gasteiger partial charge is 0.399 e. The molecule has 0 fully saturated rings. The Kier molecular flexibility index (Phi) is 6.82. The first-order chi connectivity index (χ1) is 8.72. The molecule has 0 radical (unpaired) electrons. The maximum absolute atomic E-state index is 11.5. The van der Waals surface area contributed by atoms with Crippen LogP contribution < -0.4 is 11.1 Å². The molecule has 0 aliphatic heterocycles. The smallest absolute Gasteiger partial charge is 0.220 e. The van der Waals surface area contributed by atoms with Gasteiger partial charge in [0.05, 0.1) is 5.75 Å². The third-order valence-electron chi connectivity index (χ3n) is 2.35. The molecule has 0 bridgehead atoms. The molecular formula is C14H18N2OS. The maximum Gasteiger partial charge on any atom is 0.220 e. The molecule has 0 spiro atoms. The van der Waals surface area contributed by atoms with E-state index in [1.807, 2.05) is 24.3 Å². The third-order valence-corrected chi connectivity index (χ3v) is 3.21. The van der Waals surface area contributed by atoms with Crippen molar-refractivity contribution >= 4 is 23.4 Å². The van der Waals surface area contributed by atoms with Crippen LogP contribution in [0, 0.1) is 12.3 Å². The van der Waals surface area contributed by atoms with E-state index in [2.05, 4.69) is 11.2 Å². The molecule has 1 aromatic rings. The third kappa shape index (κ3) is 6.21. The molecule has 1 aromatic carbocycles. The van der Waals surface area contributed by atoms with Gasteiger partial charge in [-0.15, -0.1) is 18.2 Å². The predicted octanol–water partition coefficient (Wildman–Crippen LogP) is 1.68. The van der Waals surface area contributed by atoms with Gasteiger partial charge in [0.15, 0.2) is 0 Å². The second kappa shape index (κ2) is 8.48. The van der Waals surface area contributed by atoms with Gasteiger partial charge in [0.25, 0.3) is 0 Å². The number of rotatable bonds is 7. The number of nitrogen functional groups attached to an aromatic ring is 1. The average molecular weight is 262 g/mol. The van der Waals surface area contributed by atoms with Crippen LogP contribution in [0.4, 0.5) is 5.69 Å². The molecule has 0 saturated carbocycles. The number of terminal acetylenes is 1. The van der Waals surface area contributed by atoms with Gasteiger partial charge < -0.3 is 11.1 Å². The first-order valence-corrected chi connectivity index (χ1v) is 7.00. The number of nitrogens with two attached hydrogens (primary N) is 1. The van der Waals surface area contributed by atoms with Crippen LogP contribution in [0.3, 0.4) is 0 Å². The number of hydrogen-bond donors (Lipinski definition) is 2. The van der Waals surface area contributed by atoms with Gasteiger partial charge in [-0.1, -0.05) is 18.1 Å². The topological polar surface area (TPSA) is 55.1 Å². The number of aryl methyl sites for hydroxylation is 1. The fourth-order valence-electron chi connectivity index (χ4n) is 1.49. The van der Waals surface area contributed by atoms with Gasteiger partial charge in [0.1, 0.15) is 0 Å². The minimum Gasteiger partial charge on any atom is -0.399 e. The van der Waals surface area contributed by atoms with Crippen LogP contribution in [0.15, 0.2) is 24.3 Å². The second-order valence-electron chi connectivity index (χ2n) is 3.85. The lowest BCUT2D eigenvalue weighted by atomic mass is 10.1. The van der Waals surface area contributed by atoms with Crippen molar-refractivity contribution in [3.8, 4) is 12.3 Å². The van der Waals surface area contributed by atoms with Gasteiger partial charge in [-0.2, -0.15) is 0 Å². The summed E-state index contributed by atoms with van der Waals surface area (Å²) in [7, 11) is 0. The number of hydrogen-bond acceptors (Lipinski definition) is 3. The monoisotopic (exact) mass is 262 g/mol. The van der Waals surface area contributed by atoms with Crippen molar-refractivity contribution in [1.82, 2.24) is 5.32 Å². The van der Waals surface area contributed by atoms with Crippen LogP contribution in [0.25, 0.3) is 0 Å². The molecule has 3 nitrogen and oxygen atoms in total. The van der Waals surface area contributed by atoms with Gasteiger partial charge in [-0.05, 0) is 24.1 Å². The van der Waals surface area contributed by atoms with Gasteiger partial charge in [-0.25, -0.2) is 0 Å². The summed E-state index contributed by atoms with van der Waals surface area (Å²) in [5, 5.41) is 2.87. The van der Waals surface area contributed by atoms with Crippen molar-refractivity contribution in [3.63, 3.8) is 0 Å².